The van der Waals surface area contributed by atoms with Crippen LogP contribution >= 0.6 is 23.4 Å². The minimum atomic E-state index is 0.648. The van der Waals surface area contributed by atoms with Crippen molar-refractivity contribution in [3.63, 3.8) is 0 Å². The van der Waals surface area contributed by atoms with Gasteiger partial charge < -0.3 is 5.32 Å². The van der Waals surface area contributed by atoms with Crippen molar-refractivity contribution >= 4 is 40.2 Å². The molecule has 3 rings (SSSR count). The summed E-state index contributed by atoms with van der Waals surface area (Å²) in [5.74, 6) is 0.791. The molecule has 0 saturated heterocycles. The van der Waals surface area contributed by atoms with E-state index in [-0.39, 0.29) is 0 Å². The highest BCUT2D eigenvalue weighted by atomic mass is 35.5. The van der Waals surface area contributed by atoms with Crippen LogP contribution in [-0.4, -0.2) is 26.0 Å². The fourth-order valence-electron chi connectivity index (χ4n) is 2.16. The molecule has 0 aliphatic heterocycles. The van der Waals surface area contributed by atoms with Crippen LogP contribution in [0.3, 0.4) is 0 Å². The summed E-state index contributed by atoms with van der Waals surface area (Å²) in [4.78, 5) is 9.03. The van der Waals surface area contributed by atoms with E-state index in [0.717, 1.165) is 38.2 Å². The highest BCUT2D eigenvalue weighted by molar-refractivity contribution is 7.98. The zero-order chi connectivity index (χ0) is 15.7. The maximum atomic E-state index is 6.17. The molecule has 2 aromatic heterocycles. The average Bonchev–Trinajstić information content (AvgIpc) is 2.89. The molecule has 22 heavy (non-hydrogen) atoms. The number of hydrogen-bond acceptors (Lipinski definition) is 5. The Morgan fingerprint density at radius 2 is 2.14 bits per heavy atom. The van der Waals surface area contributed by atoms with Gasteiger partial charge in [0.15, 0.2) is 10.8 Å². The highest BCUT2D eigenvalue weighted by Crippen LogP contribution is 2.24. The van der Waals surface area contributed by atoms with E-state index in [9.17, 15) is 0 Å². The van der Waals surface area contributed by atoms with Gasteiger partial charge in [0.1, 0.15) is 5.82 Å². The Morgan fingerprint density at radius 1 is 1.32 bits per heavy atom. The minimum absolute atomic E-state index is 0.648. The van der Waals surface area contributed by atoms with E-state index in [4.69, 9.17) is 11.6 Å². The van der Waals surface area contributed by atoms with Crippen LogP contribution in [0.25, 0.3) is 11.0 Å². The summed E-state index contributed by atoms with van der Waals surface area (Å²) in [5, 5.41) is 10.0. The van der Waals surface area contributed by atoms with Gasteiger partial charge in [0.25, 0.3) is 0 Å². The zero-order valence-electron chi connectivity index (χ0n) is 12.6. The Labute approximate surface area is 138 Å². The van der Waals surface area contributed by atoms with E-state index in [2.05, 4.69) is 26.4 Å². The van der Waals surface area contributed by atoms with Crippen LogP contribution in [0.5, 0.6) is 0 Å². The van der Waals surface area contributed by atoms with E-state index >= 15 is 0 Å². The Bertz CT molecular complexity index is 830. The average molecular weight is 334 g/mol. The van der Waals surface area contributed by atoms with Gasteiger partial charge in [0, 0.05) is 18.6 Å². The Kier molecular flexibility index (Phi) is 4.22. The van der Waals surface area contributed by atoms with Crippen molar-refractivity contribution < 1.29 is 0 Å². The maximum absolute atomic E-state index is 6.17. The molecule has 0 amide bonds. The summed E-state index contributed by atoms with van der Waals surface area (Å²) in [7, 11) is 1.88. The van der Waals surface area contributed by atoms with Crippen molar-refractivity contribution in [1.82, 2.24) is 19.7 Å². The molecule has 0 aliphatic carbocycles. The number of nitrogens with zero attached hydrogens (tertiary/aromatic N) is 4. The smallest absolute Gasteiger partial charge is 0.191 e. The first-order valence-electron chi connectivity index (χ1n) is 6.81. The lowest BCUT2D eigenvalue weighted by molar-refractivity contribution is 0.777. The molecule has 0 unspecified atom stereocenters. The molecule has 3 aromatic rings. The van der Waals surface area contributed by atoms with Crippen LogP contribution in [0, 0.1) is 6.92 Å². The first-order chi connectivity index (χ1) is 10.6. The summed E-state index contributed by atoms with van der Waals surface area (Å²) >= 11 is 7.68. The summed E-state index contributed by atoms with van der Waals surface area (Å²) in [6, 6.07) is 6.05. The molecule has 2 heterocycles. The molecule has 1 N–H and O–H groups in total. The van der Waals surface area contributed by atoms with Crippen LogP contribution in [0.1, 0.15) is 11.1 Å². The van der Waals surface area contributed by atoms with E-state index in [1.807, 2.05) is 32.4 Å². The lowest BCUT2D eigenvalue weighted by Crippen LogP contribution is -2.04. The number of hydrogen-bond donors (Lipinski definition) is 1. The van der Waals surface area contributed by atoms with E-state index in [0.29, 0.717) is 6.54 Å². The lowest BCUT2D eigenvalue weighted by Gasteiger charge is -2.09. The molecule has 0 fully saturated rings. The molecule has 1 aromatic carbocycles. The second-order valence-electron chi connectivity index (χ2n) is 5.00. The monoisotopic (exact) mass is 333 g/mol. The third kappa shape index (κ3) is 2.89. The molecule has 0 radical (unpaired) electrons. The zero-order valence-corrected chi connectivity index (χ0v) is 14.2. The number of aryl methyl sites for hydroxylation is 2. The number of halogens is 1. The highest BCUT2D eigenvalue weighted by Gasteiger charge is 2.11. The largest absolute Gasteiger partial charge is 0.365 e. The second kappa shape index (κ2) is 6.14. The SMILES string of the molecule is CSc1nc(NCc2ccc(C)c(Cl)c2)c2cnn(C)c2n1. The van der Waals surface area contributed by atoms with Gasteiger partial charge in [-0.3, -0.25) is 4.68 Å². The number of rotatable bonds is 4. The maximum Gasteiger partial charge on any atom is 0.191 e. The Balaban J connectivity index is 1.91. The van der Waals surface area contributed by atoms with Crippen molar-refractivity contribution in [2.75, 3.05) is 11.6 Å². The second-order valence-corrected chi connectivity index (χ2v) is 6.18. The molecule has 0 saturated carbocycles. The fourth-order valence-corrected chi connectivity index (χ4v) is 2.72. The lowest BCUT2D eigenvalue weighted by atomic mass is 10.1. The normalized spacial score (nSPS) is 11.1. The number of nitrogens with one attached hydrogen (secondary N) is 1. The number of aromatic nitrogens is 4. The number of anilines is 1. The van der Waals surface area contributed by atoms with Crippen molar-refractivity contribution in [3.05, 3.63) is 40.5 Å². The van der Waals surface area contributed by atoms with Gasteiger partial charge in [0.05, 0.1) is 11.6 Å². The van der Waals surface area contributed by atoms with Crippen LogP contribution in [0.4, 0.5) is 5.82 Å². The van der Waals surface area contributed by atoms with Crippen LogP contribution in [0.15, 0.2) is 29.6 Å². The van der Waals surface area contributed by atoms with Crippen LogP contribution in [0.2, 0.25) is 5.02 Å². The summed E-state index contributed by atoms with van der Waals surface area (Å²) in [6.07, 6.45) is 3.74. The summed E-state index contributed by atoms with van der Waals surface area (Å²) in [5.41, 5.74) is 3.01. The van der Waals surface area contributed by atoms with E-state index < -0.39 is 0 Å². The van der Waals surface area contributed by atoms with Gasteiger partial charge in [-0.25, -0.2) is 9.97 Å². The molecule has 7 heteroatoms. The number of thioether (sulfide) groups is 1. The molecule has 0 bridgehead atoms. The molecular weight excluding hydrogens is 318 g/mol. The number of benzene rings is 1. The van der Waals surface area contributed by atoms with E-state index in [1.165, 1.54) is 11.8 Å². The predicted molar refractivity (Wildman–Crippen MR) is 91.6 cm³/mol. The minimum Gasteiger partial charge on any atom is -0.365 e. The van der Waals surface area contributed by atoms with Crippen molar-refractivity contribution in [1.29, 1.82) is 0 Å². The molecule has 0 atom stereocenters. The third-order valence-electron chi connectivity index (χ3n) is 3.45. The van der Waals surface area contributed by atoms with Crippen LogP contribution in [-0.2, 0) is 13.6 Å². The summed E-state index contributed by atoms with van der Waals surface area (Å²) in [6.45, 7) is 2.64. The first kappa shape index (κ1) is 15.1. The van der Waals surface area contributed by atoms with Gasteiger partial charge in [-0.15, -0.1) is 0 Å². The van der Waals surface area contributed by atoms with Crippen molar-refractivity contribution in [3.8, 4) is 0 Å². The van der Waals surface area contributed by atoms with Gasteiger partial charge in [-0.05, 0) is 30.4 Å². The first-order valence-corrected chi connectivity index (χ1v) is 8.41. The van der Waals surface area contributed by atoms with Gasteiger partial charge in [-0.2, -0.15) is 5.10 Å². The quantitative estimate of drug-likeness (QED) is 0.583. The van der Waals surface area contributed by atoms with Gasteiger partial charge >= 0.3 is 0 Å². The van der Waals surface area contributed by atoms with Gasteiger partial charge in [0.2, 0.25) is 0 Å². The Morgan fingerprint density at radius 3 is 2.86 bits per heavy atom. The third-order valence-corrected chi connectivity index (χ3v) is 4.41. The molecule has 0 aliphatic rings. The van der Waals surface area contributed by atoms with Crippen LogP contribution < -0.4 is 5.32 Å². The standard InChI is InChI=1S/C15H16ClN5S/c1-9-4-5-10(6-12(9)16)7-17-13-11-8-18-21(2)14(11)20-15(19-13)22-3/h4-6,8H,7H2,1-3H3,(H,17,19,20). The molecule has 5 nitrogen and oxygen atoms in total. The number of fused-ring (bicyclic) bond motifs is 1. The molecule has 0 spiro atoms. The Hall–Kier alpha value is -1.79. The molecular formula is C15H16ClN5S. The van der Waals surface area contributed by atoms with Crippen molar-refractivity contribution in [2.24, 2.45) is 7.05 Å². The van der Waals surface area contributed by atoms with Crippen molar-refractivity contribution in [2.45, 2.75) is 18.6 Å². The van der Waals surface area contributed by atoms with Gasteiger partial charge in [-0.1, -0.05) is 35.5 Å². The summed E-state index contributed by atoms with van der Waals surface area (Å²) < 4.78 is 1.75. The topological polar surface area (TPSA) is 55.6 Å². The fraction of sp³-hybridized carbons (Fsp3) is 0.267. The molecule has 114 valence electrons. The predicted octanol–water partition coefficient (Wildman–Crippen LogP) is 3.66. The van der Waals surface area contributed by atoms with E-state index in [1.54, 1.807) is 10.9 Å².